The summed E-state index contributed by atoms with van der Waals surface area (Å²) >= 11 is 0. The number of amides is 1. The van der Waals surface area contributed by atoms with E-state index in [4.69, 9.17) is 4.42 Å². The molecule has 1 aromatic carbocycles. The SMILES string of the molecule is CCNC(=NCc1ccc(NC(=O)c2ccco2)cc1)NC(C)CC.I. The van der Waals surface area contributed by atoms with Gasteiger partial charge >= 0.3 is 0 Å². The van der Waals surface area contributed by atoms with Gasteiger partial charge in [-0.15, -0.1) is 24.0 Å². The summed E-state index contributed by atoms with van der Waals surface area (Å²) in [6, 6.07) is 11.3. The molecule has 0 aliphatic heterocycles. The highest BCUT2D eigenvalue weighted by Gasteiger charge is 2.08. The van der Waals surface area contributed by atoms with E-state index >= 15 is 0 Å². The molecule has 6 nitrogen and oxygen atoms in total. The Morgan fingerprint density at radius 3 is 2.50 bits per heavy atom. The third-order valence-electron chi connectivity index (χ3n) is 3.72. The maximum absolute atomic E-state index is 11.9. The van der Waals surface area contributed by atoms with Crippen molar-refractivity contribution in [1.82, 2.24) is 10.6 Å². The number of carbonyl (C=O) groups excluding carboxylic acids is 1. The molecule has 7 heteroatoms. The normalized spacial score (nSPS) is 12.0. The molecule has 0 fully saturated rings. The molecule has 2 aromatic rings. The van der Waals surface area contributed by atoms with Gasteiger partial charge in [-0.1, -0.05) is 19.1 Å². The fourth-order valence-electron chi connectivity index (χ4n) is 2.12. The molecule has 0 aliphatic rings. The second kappa shape index (κ2) is 11.6. The summed E-state index contributed by atoms with van der Waals surface area (Å²) in [5, 5.41) is 9.40. The number of hydrogen-bond acceptors (Lipinski definition) is 3. The molecule has 1 aromatic heterocycles. The first-order chi connectivity index (χ1) is 12.1. The minimum Gasteiger partial charge on any atom is -0.459 e. The summed E-state index contributed by atoms with van der Waals surface area (Å²) < 4.78 is 5.08. The predicted octanol–water partition coefficient (Wildman–Crippen LogP) is 4.00. The molecular weight excluding hydrogens is 443 g/mol. The van der Waals surface area contributed by atoms with Crippen LogP contribution in [0.3, 0.4) is 0 Å². The molecule has 0 saturated heterocycles. The number of rotatable bonds is 7. The van der Waals surface area contributed by atoms with Crippen LogP contribution in [-0.2, 0) is 6.54 Å². The van der Waals surface area contributed by atoms with Gasteiger partial charge in [0.1, 0.15) is 0 Å². The van der Waals surface area contributed by atoms with Gasteiger partial charge in [0, 0.05) is 18.3 Å². The van der Waals surface area contributed by atoms with Crippen molar-refractivity contribution in [3.8, 4) is 0 Å². The number of hydrogen-bond donors (Lipinski definition) is 3. The Labute approximate surface area is 171 Å². The van der Waals surface area contributed by atoms with Crippen LogP contribution >= 0.6 is 24.0 Å². The third-order valence-corrected chi connectivity index (χ3v) is 3.72. The first kappa shape index (κ1) is 22.0. The van der Waals surface area contributed by atoms with Crippen LogP contribution in [0.2, 0.25) is 0 Å². The summed E-state index contributed by atoms with van der Waals surface area (Å²) in [5.74, 6) is 0.843. The van der Waals surface area contributed by atoms with Gasteiger partial charge in [-0.25, -0.2) is 4.99 Å². The number of aliphatic imine (C=N–C) groups is 1. The molecule has 142 valence electrons. The van der Waals surface area contributed by atoms with E-state index in [1.807, 2.05) is 31.2 Å². The number of benzene rings is 1. The summed E-state index contributed by atoms with van der Waals surface area (Å²) in [6.45, 7) is 7.70. The van der Waals surface area contributed by atoms with Crippen LogP contribution in [0.5, 0.6) is 0 Å². The number of anilines is 1. The highest BCUT2D eigenvalue weighted by Crippen LogP contribution is 2.12. The fourth-order valence-corrected chi connectivity index (χ4v) is 2.12. The van der Waals surface area contributed by atoms with Gasteiger partial charge < -0.3 is 20.4 Å². The lowest BCUT2D eigenvalue weighted by Gasteiger charge is -2.16. The topological polar surface area (TPSA) is 78.7 Å². The van der Waals surface area contributed by atoms with Crippen LogP contribution in [0.4, 0.5) is 5.69 Å². The van der Waals surface area contributed by atoms with E-state index in [1.165, 1.54) is 6.26 Å². The van der Waals surface area contributed by atoms with Gasteiger partial charge in [0.2, 0.25) is 0 Å². The van der Waals surface area contributed by atoms with Crippen molar-refractivity contribution in [1.29, 1.82) is 0 Å². The number of guanidine groups is 1. The molecule has 1 heterocycles. The Morgan fingerprint density at radius 2 is 1.92 bits per heavy atom. The molecule has 0 saturated carbocycles. The lowest BCUT2D eigenvalue weighted by atomic mass is 10.2. The van der Waals surface area contributed by atoms with Crippen LogP contribution in [0.25, 0.3) is 0 Å². The average Bonchev–Trinajstić information content (AvgIpc) is 3.15. The van der Waals surface area contributed by atoms with Gasteiger partial charge in [-0.05, 0) is 50.1 Å². The number of nitrogens with one attached hydrogen (secondary N) is 3. The Bertz CT molecular complexity index is 684. The van der Waals surface area contributed by atoms with E-state index in [2.05, 4.69) is 34.8 Å². The van der Waals surface area contributed by atoms with Crippen LogP contribution in [0.15, 0.2) is 52.1 Å². The molecule has 26 heavy (non-hydrogen) atoms. The molecule has 1 atom stereocenters. The molecule has 1 amide bonds. The Kier molecular flexibility index (Phi) is 9.79. The quantitative estimate of drug-likeness (QED) is 0.325. The molecule has 2 rings (SSSR count). The molecule has 0 aliphatic carbocycles. The van der Waals surface area contributed by atoms with Crippen LogP contribution in [0, 0.1) is 0 Å². The van der Waals surface area contributed by atoms with Crippen molar-refractivity contribution >= 4 is 41.5 Å². The highest BCUT2D eigenvalue weighted by atomic mass is 127. The Hall–Kier alpha value is -2.03. The van der Waals surface area contributed by atoms with Crippen LogP contribution in [0.1, 0.15) is 43.3 Å². The number of carbonyl (C=O) groups is 1. The zero-order chi connectivity index (χ0) is 18.1. The predicted molar refractivity (Wildman–Crippen MR) is 116 cm³/mol. The van der Waals surface area contributed by atoms with E-state index in [1.54, 1.807) is 12.1 Å². The van der Waals surface area contributed by atoms with Crippen molar-refractivity contribution in [3.05, 3.63) is 54.0 Å². The number of halogens is 1. The van der Waals surface area contributed by atoms with Crippen molar-refractivity contribution in [3.63, 3.8) is 0 Å². The first-order valence-electron chi connectivity index (χ1n) is 8.61. The van der Waals surface area contributed by atoms with Crippen LogP contribution < -0.4 is 16.0 Å². The molecule has 0 bridgehead atoms. The Balaban J connectivity index is 0.00000338. The van der Waals surface area contributed by atoms with Crippen molar-refractivity contribution < 1.29 is 9.21 Å². The maximum Gasteiger partial charge on any atom is 0.291 e. The zero-order valence-corrected chi connectivity index (χ0v) is 17.7. The molecule has 3 N–H and O–H groups in total. The summed E-state index contributed by atoms with van der Waals surface area (Å²) in [4.78, 5) is 16.5. The van der Waals surface area contributed by atoms with Crippen LogP contribution in [-0.4, -0.2) is 24.5 Å². The first-order valence-corrected chi connectivity index (χ1v) is 8.61. The zero-order valence-electron chi connectivity index (χ0n) is 15.4. The van der Waals surface area contributed by atoms with Gasteiger partial charge in [0.15, 0.2) is 11.7 Å². The van der Waals surface area contributed by atoms with E-state index in [-0.39, 0.29) is 29.9 Å². The smallest absolute Gasteiger partial charge is 0.291 e. The standard InChI is InChI=1S/C19H26N4O2.HI/c1-4-14(3)22-19(20-5-2)21-13-15-8-10-16(11-9-15)23-18(24)17-7-6-12-25-17;/h6-12,14H,4-5,13H2,1-3H3,(H,23,24)(H2,20,21,22);1H. The van der Waals surface area contributed by atoms with E-state index < -0.39 is 0 Å². The summed E-state index contributed by atoms with van der Waals surface area (Å²) in [5.41, 5.74) is 1.79. The minimum absolute atomic E-state index is 0. The third kappa shape index (κ3) is 7.07. The number of furan rings is 1. The van der Waals surface area contributed by atoms with Gasteiger partial charge in [0.05, 0.1) is 12.8 Å². The van der Waals surface area contributed by atoms with Gasteiger partial charge in [-0.2, -0.15) is 0 Å². The van der Waals surface area contributed by atoms with Crippen molar-refractivity contribution in [2.45, 2.75) is 39.8 Å². The lowest BCUT2D eigenvalue weighted by Crippen LogP contribution is -2.41. The Morgan fingerprint density at radius 1 is 1.19 bits per heavy atom. The summed E-state index contributed by atoms with van der Waals surface area (Å²) in [7, 11) is 0. The molecule has 1 unspecified atom stereocenters. The fraction of sp³-hybridized carbons (Fsp3) is 0.368. The lowest BCUT2D eigenvalue weighted by molar-refractivity contribution is 0.0996. The monoisotopic (exact) mass is 470 g/mol. The van der Waals surface area contributed by atoms with Gasteiger partial charge in [-0.3, -0.25) is 4.79 Å². The minimum atomic E-state index is -0.261. The maximum atomic E-state index is 11.9. The molecule has 0 radical (unpaired) electrons. The average molecular weight is 470 g/mol. The molecule has 0 spiro atoms. The number of nitrogens with zero attached hydrogens (tertiary/aromatic N) is 1. The van der Waals surface area contributed by atoms with E-state index in [9.17, 15) is 4.79 Å². The van der Waals surface area contributed by atoms with Crippen molar-refractivity contribution in [2.24, 2.45) is 4.99 Å². The summed E-state index contributed by atoms with van der Waals surface area (Å²) in [6.07, 6.45) is 2.51. The van der Waals surface area contributed by atoms with E-state index in [0.29, 0.717) is 18.3 Å². The van der Waals surface area contributed by atoms with Gasteiger partial charge in [0.25, 0.3) is 5.91 Å². The largest absolute Gasteiger partial charge is 0.459 e. The second-order valence-electron chi connectivity index (χ2n) is 5.78. The highest BCUT2D eigenvalue weighted by molar-refractivity contribution is 14.0. The van der Waals surface area contributed by atoms with Crippen molar-refractivity contribution in [2.75, 3.05) is 11.9 Å². The molecular formula is C19H27IN4O2. The van der Waals surface area contributed by atoms with E-state index in [0.717, 1.165) is 30.2 Å². The second-order valence-corrected chi connectivity index (χ2v) is 5.78.